The number of rotatable bonds is 6. The molecular formula is C22H27ClN2O2. The number of likely N-dealkylation sites (tertiary alicyclic amines) is 1. The van der Waals surface area contributed by atoms with Gasteiger partial charge in [-0.25, -0.2) is 0 Å². The highest BCUT2D eigenvalue weighted by atomic mass is 35.5. The Labute approximate surface area is 166 Å². The molecule has 2 N–H and O–H groups in total. The molecule has 0 spiro atoms. The third-order valence-electron chi connectivity index (χ3n) is 5.41. The second-order valence-corrected chi connectivity index (χ2v) is 7.71. The standard InChI is InChI=1S/C22H27ClN2O2/c1-15(24)25-12-11-18(22(26)17-5-9-21(27-2)10-6-17)14-20(25)13-16-3-7-19(23)8-4-16/h3-10,15,18,20H,11-14,24H2,1-2H3. The largest absolute Gasteiger partial charge is 0.497 e. The minimum absolute atomic E-state index is 0.0192. The summed E-state index contributed by atoms with van der Waals surface area (Å²) in [6.45, 7) is 2.85. The summed E-state index contributed by atoms with van der Waals surface area (Å²) in [5, 5.41) is 0.735. The number of nitrogens with two attached hydrogens (primary N) is 1. The van der Waals surface area contributed by atoms with Crippen LogP contribution in [0, 0.1) is 5.92 Å². The molecule has 5 heteroatoms. The van der Waals surface area contributed by atoms with Gasteiger partial charge in [0.25, 0.3) is 0 Å². The van der Waals surface area contributed by atoms with Gasteiger partial charge in [-0.3, -0.25) is 9.69 Å². The second-order valence-electron chi connectivity index (χ2n) is 7.28. The lowest BCUT2D eigenvalue weighted by Crippen LogP contribution is -2.52. The Morgan fingerprint density at radius 1 is 1.22 bits per heavy atom. The molecule has 3 atom stereocenters. The number of ketones is 1. The van der Waals surface area contributed by atoms with E-state index in [1.807, 2.05) is 43.3 Å². The summed E-state index contributed by atoms with van der Waals surface area (Å²) in [4.78, 5) is 15.3. The molecule has 0 radical (unpaired) electrons. The van der Waals surface area contributed by atoms with Crippen LogP contribution in [0.1, 0.15) is 35.7 Å². The number of benzene rings is 2. The quantitative estimate of drug-likeness (QED) is 0.757. The maximum absolute atomic E-state index is 13.0. The Hall–Kier alpha value is -1.88. The third kappa shape index (κ3) is 4.89. The number of halogens is 1. The number of methoxy groups -OCH3 is 1. The maximum Gasteiger partial charge on any atom is 0.166 e. The minimum Gasteiger partial charge on any atom is -0.497 e. The minimum atomic E-state index is -0.0284. The normalized spacial score (nSPS) is 21.6. The zero-order chi connectivity index (χ0) is 19.4. The molecule has 0 saturated carbocycles. The summed E-state index contributed by atoms with van der Waals surface area (Å²) >= 11 is 6.00. The van der Waals surface area contributed by atoms with Gasteiger partial charge in [0, 0.05) is 29.1 Å². The van der Waals surface area contributed by atoms with E-state index in [0.717, 1.165) is 42.1 Å². The molecule has 3 unspecified atom stereocenters. The molecule has 1 aliphatic heterocycles. The Balaban J connectivity index is 1.74. The number of Topliss-reactive ketones (excluding diaryl/α,β-unsaturated/α-hetero) is 1. The number of hydrogen-bond acceptors (Lipinski definition) is 4. The van der Waals surface area contributed by atoms with Crippen molar-refractivity contribution in [3.8, 4) is 5.75 Å². The topological polar surface area (TPSA) is 55.6 Å². The van der Waals surface area contributed by atoms with Crippen LogP contribution >= 0.6 is 11.6 Å². The first kappa shape index (κ1) is 19.9. The van der Waals surface area contributed by atoms with E-state index in [2.05, 4.69) is 17.0 Å². The lowest BCUT2D eigenvalue weighted by atomic mass is 9.82. The van der Waals surface area contributed by atoms with Gasteiger partial charge in [-0.1, -0.05) is 23.7 Å². The Kier molecular flexibility index (Phi) is 6.53. The molecule has 2 aromatic rings. The van der Waals surface area contributed by atoms with Crippen LogP contribution in [-0.4, -0.2) is 36.5 Å². The molecule has 0 aliphatic carbocycles. The van der Waals surface area contributed by atoms with Crippen LogP contribution in [0.15, 0.2) is 48.5 Å². The SMILES string of the molecule is COc1ccc(C(=O)C2CCN(C(C)N)C(Cc3ccc(Cl)cc3)C2)cc1. The molecule has 1 aliphatic rings. The average molecular weight is 387 g/mol. The molecule has 0 bridgehead atoms. The molecule has 3 rings (SSSR count). The van der Waals surface area contributed by atoms with Crippen LogP contribution in [0.3, 0.4) is 0 Å². The van der Waals surface area contributed by atoms with Crippen molar-refractivity contribution in [2.24, 2.45) is 11.7 Å². The van der Waals surface area contributed by atoms with Gasteiger partial charge in [0.2, 0.25) is 0 Å². The van der Waals surface area contributed by atoms with Crippen molar-refractivity contribution in [3.05, 3.63) is 64.7 Å². The first-order chi connectivity index (χ1) is 13.0. The third-order valence-corrected chi connectivity index (χ3v) is 5.67. The van der Waals surface area contributed by atoms with Gasteiger partial charge < -0.3 is 10.5 Å². The van der Waals surface area contributed by atoms with Crippen molar-refractivity contribution < 1.29 is 9.53 Å². The van der Waals surface area contributed by atoms with E-state index in [9.17, 15) is 4.79 Å². The van der Waals surface area contributed by atoms with Gasteiger partial charge in [-0.2, -0.15) is 0 Å². The molecule has 27 heavy (non-hydrogen) atoms. The molecule has 1 fully saturated rings. The maximum atomic E-state index is 13.0. The summed E-state index contributed by atoms with van der Waals surface area (Å²) in [7, 11) is 1.63. The average Bonchev–Trinajstić information content (AvgIpc) is 2.69. The van der Waals surface area contributed by atoms with Crippen LogP contribution in [-0.2, 0) is 6.42 Å². The van der Waals surface area contributed by atoms with Crippen LogP contribution in [0.4, 0.5) is 0 Å². The molecule has 0 amide bonds. The van der Waals surface area contributed by atoms with Gasteiger partial charge in [-0.15, -0.1) is 0 Å². The predicted molar refractivity (Wildman–Crippen MR) is 109 cm³/mol. The highest BCUT2D eigenvalue weighted by molar-refractivity contribution is 6.30. The van der Waals surface area contributed by atoms with Gasteiger partial charge in [0.1, 0.15) is 5.75 Å². The zero-order valence-corrected chi connectivity index (χ0v) is 16.7. The second kappa shape index (κ2) is 8.87. The fourth-order valence-corrected chi connectivity index (χ4v) is 4.05. The van der Waals surface area contributed by atoms with Crippen molar-refractivity contribution in [2.75, 3.05) is 13.7 Å². The summed E-state index contributed by atoms with van der Waals surface area (Å²) in [5.41, 5.74) is 8.17. The predicted octanol–water partition coefficient (Wildman–Crippen LogP) is 4.16. The Morgan fingerprint density at radius 2 is 1.89 bits per heavy atom. The summed E-state index contributed by atoms with van der Waals surface area (Å²) in [6.07, 6.45) is 2.49. The number of hydrogen-bond donors (Lipinski definition) is 1. The van der Waals surface area contributed by atoms with Crippen molar-refractivity contribution in [1.29, 1.82) is 0 Å². The van der Waals surface area contributed by atoms with Crippen molar-refractivity contribution in [3.63, 3.8) is 0 Å². The molecule has 1 heterocycles. The Bertz CT molecular complexity index is 759. The molecule has 0 aromatic heterocycles. The number of ether oxygens (including phenoxy) is 1. The number of carbonyl (C=O) groups excluding carboxylic acids is 1. The van der Waals surface area contributed by atoms with E-state index in [1.54, 1.807) is 7.11 Å². The highest BCUT2D eigenvalue weighted by Crippen LogP contribution is 2.29. The number of nitrogens with zero attached hydrogens (tertiary/aromatic N) is 1. The monoisotopic (exact) mass is 386 g/mol. The van der Waals surface area contributed by atoms with Crippen LogP contribution < -0.4 is 10.5 Å². The van der Waals surface area contributed by atoms with Crippen molar-refractivity contribution in [1.82, 2.24) is 4.90 Å². The number of piperidine rings is 1. The van der Waals surface area contributed by atoms with Crippen molar-refractivity contribution >= 4 is 17.4 Å². The zero-order valence-electron chi connectivity index (χ0n) is 15.9. The van der Waals surface area contributed by atoms with Gasteiger partial charge >= 0.3 is 0 Å². The van der Waals surface area contributed by atoms with Crippen LogP contribution in [0.2, 0.25) is 5.02 Å². The van der Waals surface area contributed by atoms with E-state index in [1.165, 1.54) is 5.56 Å². The van der Waals surface area contributed by atoms with Crippen LogP contribution in [0.25, 0.3) is 0 Å². The fraction of sp³-hybridized carbons (Fsp3) is 0.409. The molecule has 2 aromatic carbocycles. The van der Waals surface area contributed by atoms with Crippen molar-refractivity contribution in [2.45, 2.75) is 38.4 Å². The summed E-state index contributed by atoms with van der Waals surface area (Å²) in [5.74, 6) is 0.993. The lowest BCUT2D eigenvalue weighted by molar-refractivity contribution is 0.0604. The highest BCUT2D eigenvalue weighted by Gasteiger charge is 2.34. The van der Waals surface area contributed by atoms with E-state index < -0.39 is 0 Å². The lowest BCUT2D eigenvalue weighted by Gasteiger charge is -2.41. The molecule has 1 saturated heterocycles. The van der Waals surface area contributed by atoms with Gasteiger partial charge in [-0.05, 0) is 68.1 Å². The molecule has 144 valence electrons. The van der Waals surface area contributed by atoms with E-state index in [0.29, 0.717) is 0 Å². The summed E-state index contributed by atoms with van der Waals surface area (Å²) in [6, 6.07) is 15.6. The summed E-state index contributed by atoms with van der Waals surface area (Å²) < 4.78 is 5.19. The van der Waals surface area contributed by atoms with E-state index in [4.69, 9.17) is 22.1 Å². The first-order valence-corrected chi connectivity index (χ1v) is 9.79. The first-order valence-electron chi connectivity index (χ1n) is 9.42. The van der Waals surface area contributed by atoms with E-state index in [-0.39, 0.29) is 23.9 Å². The van der Waals surface area contributed by atoms with Gasteiger partial charge in [0.05, 0.1) is 13.3 Å². The number of carbonyl (C=O) groups is 1. The van der Waals surface area contributed by atoms with Crippen LogP contribution in [0.5, 0.6) is 5.75 Å². The van der Waals surface area contributed by atoms with E-state index >= 15 is 0 Å². The molecular weight excluding hydrogens is 360 g/mol. The Morgan fingerprint density at radius 3 is 2.48 bits per heavy atom. The smallest absolute Gasteiger partial charge is 0.166 e. The molecule has 4 nitrogen and oxygen atoms in total. The fourth-order valence-electron chi connectivity index (χ4n) is 3.93. The van der Waals surface area contributed by atoms with Gasteiger partial charge in [0.15, 0.2) is 5.78 Å².